The molecule has 1 rings (SSSR count). The number of thioether (sulfide) groups is 1. The van der Waals surface area contributed by atoms with Crippen molar-refractivity contribution >= 4 is 24.2 Å². The van der Waals surface area contributed by atoms with Gasteiger partial charge in [0, 0.05) is 4.90 Å². The molecule has 74 valence electrons. The Balaban J connectivity index is 0.00000144. The summed E-state index contributed by atoms with van der Waals surface area (Å²) in [4.78, 5) is 1.17. The maximum atomic E-state index is 12.1. The lowest BCUT2D eigenvalue weighted by molar-refractivity contribution is 0.437. The molecule has 0 aliphatic rings. The molecule has 0 aliphatic carbocycles. The summed E-state index contributed by atoms with van der Waals surface area (Å²) in [5, 5.41) is 0. The molecule has 0 aliphatic heterocycles. The Morgan fingerprint density at radius 1 is 1.38 bits per heavy atom. The maximum Gasteiger partial charge on any atom is 0.109 e. The molecule has 0 saturated carbocycles. The van der Waals surface area contributed by atoms with Crippen molar-refractivity contribution < 1.29 is 4.39 Å². The fourth-order valence-corrected chi connectivity index (χ4v) is 1.35. The van der Waals surface area contributed by atoms with Crippen molar-refractivity contribution in [3.8, 4) is 0 Å². The van der Waals surface area contributed by atoms with Crippen LogP contribution in [0.25, 0.3) is 0 Å². The van der Waals surface area contributed by atoms with E-state index in [1.165, 1.54) is 4.90 Å². The van der Waals surface area contributed by atoms with Gasteiger partial charge in [0.15, 0.2) is 0 Å². The van der Waals surface area contributed by atoms with Gasteiger partial charge < -0.3 is 5.73 Å². The van der Waals surface area contributed by atoms with Crippen LogP contribution in [0.3, 0.4) is 0 Å². The zero-order chi connectivity index (χ0) is 8.97. The lowest BCUT2D eigenvalue weighted by Gasteiger charge is -2.06. The number of nitrogens with two attached hydrogens (primary N) is 1. The molecule has 13 heavy (non-hydrogen) atoms. The molecular weight excluding hydrogens is 209 g/mol. The third-order valence-electron chi connectivity index (χ3n) is 1.71. The van der Waals surface area contributed by atoms with E-state index in [0.717, 1.165) is 5.56 Å². The SMILES string of the molecule is CSc1ccc([C@@H](N)CF)cc1.Cl. The van der Waals surface area contributed by atoms with Crippen molar-refractivity contribution in [2.75, 3.05) is 12.9 Å². The van der Waals surface area contributed by atoms with Crippen molar-refractivity contribution in [2.45, 2.75) is 10.9 Å². The van der Waals surface area contributed by atoms with Crippen LogP contribution in [0.4, 0.5) is 4.39 Å². The second kappa shape index (κ2) is 6.24. The smallest absolute Gasteiger partial charge is 0.109 e. The Morgan fingerprint density at radius 2 is 1.92 bits per heavy atom. The van der Waals surface area contributed by atoms with Gasteiger partial charge in [-0.05, 0) is 24.0 Å². The number of benzene rings is 1. The molecular formula is C9H13ClFNS. The summed E-state index contributed by atoms with van der Waals surface area (Å²) in [5.41, 5.74) is 6.36. The summed E-state index contributed by atoms with van der Waals surface area (Å²) in [6.45, 7) is -0.501. The quantitative estimate of drug-likeness (QED) is 0.795. The molecule has 0 saturated heterocycles. The predicted octanol–water partition coefficient (Wildman–Crippen LogP) is 2.80. The van der Waals surface area contributed by atoms with E-state index in [2.05, 4.69) is 0 Å². The summed E-state index contributed by atoms with van der Waals surface area (Å²) < 4.78 is 12.1. The van der Waals surface area contributed by atoms with Crippen LogP contribution in [0, 0.1) is 0 Å². The van der Waals surface area contributed by atoms with Gasteiger partial charge in [0.05, 0.1) is 6.04 Å². The van der Waals surface area contributed by atoms with Crippen LogP contribution in [0.1, 0.15) is 11.6 Å². The molecule has 0 fully saturated rings. The maximum absolute atomic E-state index is 12.1. The molecule has 0 unspecified atom stereocenters. The first kappa shape index (κ1) is 12.8. The molecule has 0 aromatic heterocycles. The van der Waals surface area contributed by atoms with Gasteiger partial charge in [-0.1, -0.05) is 12.1 Å². The lowest BCUT2D eigenvalue weighted by Crippen LogP contribution is -2.11. The highest BCUT2D eigenvalue weighted by molar-refractivity contribution is 7.98. The summed E-state index contributed by atoms with van der Waals surface area (Å²) in [6, 6.07) is 7.18. The highest BCUT2D eigenvalue weighted by Gasteiger charge is 2.03. The molecule has 4 heteroatoms. The van der Waals surface area contributed by atoms with Gasteiger partial charge in [0.25, 0.3) is 0 Å². The largest absolute Gasteiger partial charge is 0.322 e. The van der Waals surface area contributed by atoms with E-state index in [1.54, 1.807) is 11.8 Å². The van der Waals surface area contributed by atoms with Crippen LogP contribution in [0.5, 0.6) is 0 Å². The number of hydrogen-bond donors (Lipinski definition) is 1. The summed E-state index contributed by atoms with van der Waals surface area (Å²) >= 11 is 1.66. The molecule has 1 nitrogen and oxygen atoms in total. The molecule has 0 bridgehead atoms. The third kappa shape index (κ3) is 3.55. The zero-order valence-electron chi connectivity index (χ0n) is 7.37. The lowest BCUT2D eigenvalue weighted by atomic mass is 10.1. The molecule has 0 amide bonds. The van der Waals surface area contributed by atoms with E-state index in [0.29, 0.717) is 0 Å². The molecule has 0 heterocycles. The van der Waals surface area contributed by atoms with E-state index in [1.807, 2.05) is 30.5 Å². The molecule has 1 atom stereocenters. The number of hydrogen-bond acceptors (Lipinski definition) is 2. The average Bonchev–Trinajstić information content (AvgIpc) is 2.17. The summed E-state index contributed by atoms with van der Waals surface area (Å²) in [5.74, 6) is 0. The van der Waals surface area contributed by atoms with Crippen molar-refractivity contribution in [2.24, 2.45) is 5.73 Å². The second-order valence-corrected chi connectivity index (χ2v) is 3.41. The first-order valence-electron chi connectivity index (χ1n) is 3.73. The normalized spacial score (nSPS) is 11.9. The van der Waals surface area contributed by atoms with Gasteiger partial charge in [-0.15, -0.1) is 24.2 Å². The van der Waals surface area contributed by atoms with Crippen molar-refractivity contribution in [3.63, 3.8) is 0 Å². The Kier molecular flexibility index (Phi) is 6.12. The molecule has 2 N–H and O–H groups in total. The van der Waals surface area contributed by atoms with Gasteiger partial charge in [-0.3, -0.25) is 0 Å². The monoisotopic (exact) mass is 221 g/mol. The van der Waals surface area contributed by atoms with E-state index in [9.17, 15) is 4.39 Å². The highest BCUT2D eigenvalue weighted by atomic mass is 35.5. The van der Waals surface area contributed by atoms with Gasteiger partial charge in [0.1, 0.15) is 6.67 Å². The first-order valence-corrected chi connectivity index (χ1v) is 4.96. The van der Waals surface area contributed by atoms with Crippen LogP contribution >= 0.6 is 24.2 Å². The summed E-state index contributed by atoms with van der Waals surface area (Å²) in [7, 11) is 0. The standard InChI is InChI=1S/C9H12FNS.ClH/c1-12-8-4-2-7(3-5-8)9(11)6-10;/h2-5,9H,6,11H2,1H3;1H/t9-;/m0./s1. The fourth-order valence-electron chi connectivity index (χ4n) is 0.940. The van der Waals surface area contributed by atoms with E-state index < -0.39 is 12.7 Å². The average molecular weight is 222 g/mol. The minimum atomic E-state index is -0.501. The highest BCUT2D eigenvalue weighted by Crippen LogP contribution is 2.17. The Bertz CT molecular complexity index is 240. The molecule has 0 spiro atoms. The van der Waals surface area contributed by atoms with E-state index in [-0.39, 0.29) is 12.4 Å². The Hall–Kier alpha value is -0.250. The van der Waals surface area contributed by atoms with Crippen molar-refractivity contribution in [1.82, 2.24) is 0 Å². The van der Waals surface area contributed by atoms with E-state index in [4.69, 9.17) is 5.73 Å². The minimum absolute atomic E-state index is 0. The van der Waals surface area contributed by atoms with Crippen LogP contribution in [-0.4, -0.2) is 12.9 Å². The first-order chi connectivity index (χ1) is 5.77. The van der Waals surface area contributed by atoms with Crippen LogP contribution < -0.4 is 5.73 Å². The third-order valence-corrected chi connectivity index (χ3v) is 2.45. The number of rotatable bonds is 3. The van der Waals surface area contributed by atoms with Crippen molar-refractivity contribution in [1.29, 1.82) is 0 Å². The molecule has 1 aromatic rings. The molecule has 0 radical (unpaired) electrons. The van der Waals surface area contributed by atoms with Gasteiger partial charge in [-0.25, -0.2) is 4.39 Å². The zero-order valence-corrected chi connectivity index (χ0v) is 9.00. The van der Waals surface area contributed by atoms with Crippen LogP contribution in [-0.2, 0) is 0 Å². The van der Waals surface area contributed by atoms with E-state index >= 15 is 0 Å². The predicted molar refractivity (Wildman–Crippen MR) is 58.4 cm³/mol. The van der Waals surface area contributed by atoms with Gasteiger partial charge in [0.2, 0.25) is 0 Å². The second-order valence-electron chi connectivity index (χ2n) is 2.53. The van der Waals surface area contributed by atoms with Crippen LogP contribution in [0.2, 0.25) is 0 Å². The van der Waals surface area contributed by atoms with Crippen molar-refractivity contribution in [3.05, 3.63) is 29.8 Å². The summed E-state index contributed by atoms with van der Waals surface area (Å²) in [6.07, 6.45) is 2.00. The fraction of sp³-hybridized carbons (Fsp3) is 0.333. The van der Waals surface area contributed by atoms with Gasteiger partial charge >= 0.3 is 0 Å². The number of alkyl halides is 1. The Labute approximate surface area is 88.3 Å². The topological polar surface area (TPSA) is 26.0 Å². The molecule has 1 aromatic carbocycles. The Morgan fingerprint density at radius 3 is 2.31 bits per heavy atom. The minimum Gasteiger partial charge on any atom is -0.322 e. The number of halogens is 2. The van der Waals surface area contributed by atoms with Gasteiger partial charge in [-0.2, -0.15) is 0 Å². The van der Waals surface area contributed by atoms with Crippen LogP contribution in [0.15, 0.2) is 29.2 Å².